The van der Waals surface area contributed by atoms with Crippen molar-refractivity contribution in [3.8, 4) is 5.75 Å². The highest BCUT2D eigenvalue weighted by atomic mass is 35.5. The maximum absolute atomic E-state index is 13.6. The van der Waals surface area contributed by atoms with Crippen LogP contribution in [0, 0.1) is 18.6 Å². The molecule has 0 aliphatic rings. The summed E-state index contributed by atoms with van der Waals surface area (Å²) in [6.07, 6.45) is 3.12. The number of aryl methyl sites for hydroxylation is 1. The first kappa shape index (κ1) is 28.8. The molecule has 0 spiro atoms. The van der Waals surface area contributed by atoms with Gasteiger partial charge in [-0.3, -0.25) is 14.6 Å². The number of halogens is 3. The number of nitrogens with zero attached hydrogens (tertiary/aromatic N) is 1. The molecule has 1 amide bonds. The number of carbonyl (C=O) groups excluding carboxylic acids is 2. The van der Waals surface area contributed by atoms with E-state index in [1.54, 1.807) is 31.5 Å². The van der Waals surface area contributed by atoms with E-state index in [0.29, 0.717) is 17.3 Å². The maximum Gasteiger partial charge on any atom is 0.262 e. The van der Waals surface area contributed by atoms with Crippen molar-refractivity contribution in [1.29, 1.82) is 0 Å². The zero-order valence-electron chi connectivity index (χ0n) is 21.0. The number of ketones is 1. The van der Waals surface area contributed by atoms with Crippen LogP contribution in [0.3, 0.4) is 0 Å². The van der Waals surface area contributed by atoms with Crippen LogP contribution in [-0.4, -0.2) is 31.7 Å². The summed E-state index contributed by atoms with van der Waals surface area (Å²) >= 11 is 6.01. The van der Waals surface area contributed by atoms with Gasteiger partial charge in [-0.2, -0.15) is 0 Å². The Hall–Kier alpha value is -4.19. The van der Waals surface area contributed by atoms with Gasteiger partial charge in [0.15, 0.2) is 12.4 Å². The number of pyridine rings is 1. The van der Waals surface area contributed by atoms with E-state index in [9.17, 15) is 26.8 Å². The zero-order valence-corrected chi connectivity index (χ0v) is 22.5. The predicted molar refractivity (Wildman–Crippen MR) is 145 cm³/mol. The Morgan fingerprint density at radius 1 is 0.950 bits per heavy atom. The molecular weight excluding hydrogens is 564 g/mol. The molecular formula is C28H22ClF2N3O5S. The summed E-state index contributed by atoms with van der Waals surface area (Å²) in [5.41, 5.74) is 1.23. The molecule has 2 N–H and O–H groups in total. The Kier molecular flexibility index (Phi) is 8.88. The van der Waals surface area contributed by atoms with E-state index in [-0.39, 0.29) is 33.3 Å². The molecule has 0 bridgehead atoms. The van der Waals surface area contributed by atoms with Crippen LogP contribution in [0.5, 0.6) is 5.75 Å². The average molecular weight is 586 g/mol. The monoisotopic (exact) mass is 585 g/mol. The summed E-state index contributed by atoms with van der Waals surface area (Å²) in [5, 5.41) is 2.81. The molecule has 4 aromatic rings. The lowest BCUT2D eigenvalue weighted by Crippen LogP contribution is -2.24. The van der Waals surface area contributed by atoms with E-state index >= 15 is 0 Å². The van der Waals surface area contributed by atoms with E-state index in [4.69, 9.17) is 16.3 Å². The summed E-state index contributed by atoms with van der Waals surface area (Å²) in [6, 6.07) is 14.1. The summed E-state index contributed by atoms with van der Waals surface area (Å²) in [6.45, 7) is 1.20. The minimum Gasteiger partial charge on any atom is -0.483 e. The van der Waals surface area contributed by atoms with Gasteiger partial charge in [0.1, 0.15) is 17.4 Å². The van der Waals surface area contributed by atoms with Crippen molar-refractivity contribution in [2.75, 3.05) is 11.9 Å². The number of sulfonamides is 1. The largest absolute Gasteiger partial charge is 0.483 e. The number of rotatable bonds is 10. The van der Waals surface area contributed by atoms with Crippen LogP contribution in [0.2, 0.25) is 5.02 Å². The Balaban J connectivity index is 1.42. The molecule has 8 nitrogen and oxygen atoms in total. The van der Waals surface area contributed by atoms with Gasteiger partial charge in [0, 0.05) is 41.3 Å². The predicted octanol–water partition coefficient (Wildman–Crippen LogP) is 5.05. The zero-order chi connectivity index (χ0) is 28.9. The number of nitrogens with one attached hydrogen (secondary N) is 2. The van der Waals surface area contributed by atoms with Crippen LogP contribution in [0.1, 0.15) is 27.0 Å². The molecule has 12 heteroatoms. The van der Waals surface area contributed by atoms with E-state index < -0.39 is 40.0 Å². The maximum atomic E-state index is 13.6. The minimum absolute atomic E-state index is 0.0198. The third-order valence-electron chi connectivity index (χ3n) is 5.67. The minimum atomic E-state index is -3.81. The third-order valence-corrected chi connectivity index (χ3v) is 7.30. The molecule has 0 aliphatic heterocycles. The van der Waals surface area contributed by atoms with Crippen LogP contribution in [-0.2, 0) is 21.4 Å². The van der Waals surface area contributed by atoms with E-state index in [2.05, 4.69) is 15.0 Å². The standard InChI is InChI=1S/C28H22ClF2N3O5S/c1-17-10-23(40(37,38)33-15-18-6-8-32-9-7-18)3-4-25(17)34-27(35)16-39-26-5-2-20(29)13-24(26)28(36)19-11-21(30)14-22(31)12-19/h2-14,33H,15-16H2,1H3,(H,34,35). The molecule has 206 valence electrons. The van der Waals surface area contributed by atoms with Gasteiger partial charge in [-0.1, -0.05) is 11.6 Å². The molecule has 0 aliphatic carbocycles. The van der Waals surface area contributed by atoms with Gasteiger partial charge in [0.2, 0.25) is 10.0 Å². The third kappa shape index (κ3) is 7.26. The van der Waals surface area contributed by atoms with Crippen molar-refractivity contribution in [1.82, 2.24) is 9.71 Å². The molecule has 0 saturated carbocycles. The Morgan fingerprint density at radius 3 is 2.33 bits per heavy atom. The fourth-order valence-corrected chi connectivity index (χ4v) is 4.96. The Bertz CT molecular complexity index is 1660. The van der Waals surface area contributed by atoms with Crippen molar-refractivity contribution >= 4 is 39.0 Å². The second kappa shape index (κ2) is 12.3. The summed E-state index contributed by atoms with van der Waals surface area (Å²) in [7, 11) is -3.81. The van der Waals surface area contributed by atoms with Gasteiger partial charge in [-0.25, -0.2) is 21.9 Å². The molecule has 0 fully saturated rings. The fourth-order valence-electron chi connectivity index (χ4n) is 3.68. The van der Waals surface area contributed by atoms with Crippen molar-refractivity contribution in [3.05, 3.63) is 118 Å². The van der Waals surface area contributed by atoms with Gasteiger partial charge in [-0.05, 0) is 78.7 Å². The number of carbonyl (C=O) groups is 2. The van der Waals surface area contributed by atoms with Gasteiger partial charge in [0.25, 0.3) is 5.91 Å². The van der Waals surface area contributed by atoms with E-state index in [0.717, 1.165) is 17.7 Å². The summed E-state index contributed by atoms with van der Waals surface area (Å²) in [5.74, 6) is -3.22. The quantitative estimate of drug-likeness (QED) is 0.252. The van der Waals surface area contributed by atoms with Crippen molar-refractivity contribution in [3.63, 3.8) is 0 Å². The summed E-state index contributed by atoms with van der Waals surface area (Å²) < 4.78 is 60.7. The molecule has 0 unspecified atom stereocenters. The number of ether oxygens (including phenoxy) is 1. The second-order valence-electron chi connectivity index (χ2n) is 8.62. The number of benzene rings is 3. The number of anilines is 1. The average Bonchev–Trinajstić information content (AvgIpc) is 2.92. The lowest BCUT2D eigenvalue weighted by Gasteiger charge is -2.14. The fraction of sp³-hybridized carbons (Fsp3) is 0.107. The normalized spacial score (nSPS) is 11.2. The number of hydrogen-bond acceptors (Lipinski definition) is 6. The molecule has 0 saturated heterocycles. The highest BCUT2D eigenvalue weighted by molar-refractivity contribution is 7.89. The number of amides is 1. The van der Waals surface area contributed by atoms with Crippen LogP contribution in [0.4, 0.5) is 14.5 Å². The number of hydrogen-bond donors (Lipinski definition) is 2. The molecule has 40 heavy (non-hydrogen) atoms. The molecule has 0 radical (unpaired) electrons. The smallest absolute Gasteiger partial charge is 0.262 e. The molecule has 3 aromatic carbocycles. The van der Waals surface area contributed by atoms with Gasteiger partial charge in [0.05, 0.1) is 10.5 Å². The SMILES string of the molecule is Cc1cc(S(=O)(=O)NCc2ccncc2)ccc1NC(=O)COc1ccc(Cl)cc1C(=O)c1cc(F)cc(F)c1. The second-order valence-corrected chi connectivity index (χ2v) is 10.8. The highest BCUT2D eigenvalue weighted by Gasteiger charge is 2.19. The van der Waals surface area contributed by atoms with Gasteiger partial charge >= 0.3 is 0 Å². The lowest BCUT2D eigenvalue weighted by molar-refractivity contribution is -0.118. The van der Waals surface area contributed by atoms with E-state index in [1.807, 2.05) is 0 Å². The highest BCUT2D eigenvalue weighted by Crippen LogP contribution is 2.27. The van der Waals surface area contributed by atoms with Crippen LogP contribution in [0.25, 0.3) is 0 Å². The Morgan fingerprint density at radius 2 is 1.65 bits per heavy atom. The first-order valence-corrected chi connectivity index (χ1v) is 13.6. The van der Waals surface area contributed by atoms with Crippen LogP contribution < -0.4 is 14.8 Å². The number of aromatic nitrogens is 1. The molecule has 1 aromatic heterocycles. The topological polar surface area (TPSA) is 114 Å². The first-order valence-electron chi connectivity index (χ1n) is 11.7. The van der Waals surface area contributed by atoms with Gasteiger partial charge < -0.3 is 10.1 Å². The Labute approximate surface area is 234 Å². The summed E-state index contributed by atoms with van der Waals surface area (Å²) in [4.78, 5) is 29.4. The molecule has 1 heterocycles. The van der Waals surface area contributed by atoms with Crippen LogP contribution >= 0.6 is 11.6 Å². The van der Waals surface area contributed by atoms with Crippen LogP contribution in [0.15, 0.2) is 84.0 Å². The first-order chi connectivity index (χ1) is 19.0. The van der Waals surface area contributed by atoms with E-state index in [1.165, 1.54) is 36.4 Å². The van der Waals surface area contributed by atoms with Crippen molar-refractivity contribution in [2.45, 2.75) is 18.4 Å². The van der Waals surface area contributed by atoms with Crippen molar-refractivity contribution in [2.24, 2.45) is 0 Å². The molecule has 0 atom stereocenters. The lowest BCUT2D eigenvalue weighted by atomic mass is 10.0. The molecule has 4 rings (SSSR count). The van der Waals surface area contributed by atoms with Crippen molar-refractivity contribution < 1.29 is 31.5 Å². The van der Waals surface area contributed by atoms with Gasteiger partial charge in [-0.15, -0.1) is 0 Å².